The minimum absolute atomic E-state index is 0.0757. The fourth-order valence-electron chi connectivity index (χ4n) is 2.80. The molecular formula is C18H28N2O3. The predicted molar refractivity (Wildman–Crippen MR) is 90.4 cm³/mol. The summed E-state index contributed by atoms with van der Waals surface area (Å²) in [7, 11) is 0. The van der Waals surface area contributed by atoms with Gasteiger partial charge < -0.3 is 20.1 Å². The predicted octanol–water partition coefficient (Wildman–Crippen LogP) is 3.30. The van der Waals surface area contributed by atoms with E-state index >= 15 is 0 Å². The summed E-state index contributed by atoms with van der Waals surface area (Å²) < 4.78 is 5.41. The number of nitrogens with one attached hydrogen (secondary N) is 1. The normalized spacial score (nSPS) is 19.7. The minimum atomic E-state index is -0.452. The molecular weight excluding hydrogens is 292 g/mol. The minimum Gasteiger partial charge on any atom is -0.508 e. The highest BCUT2D eigenvalue weighted by Crippen LogP contribution is 2.24. The molecule has 0 bridgehead atoms. The van der Waals surface area contributed by atoms with Gasteiger partial charge in [0.05, 0.1) is 0 Å². The van der Waals surface area contributed by atoms with E-state index in [0.717, 1.165) is 31.6 Å². The summed E-state index contributed by atoms with van der Waals surface area (Å²) in [6.45, 7) is 9.96. The summed E-state index contributed by atoms with van der Waals surface area (Å²) in [6.07, 6.45) is 0.744. The number of likely N-dealkylation sites (tertiary alicyclic amines) is 1. The average molecular weight is 320 g/mol. The Morgan fingerprint density at radius 2 is 2.13 bits per heavy atom. The quantitative estimate of drug-likeness (QED) is 0.893. The summed E-state index contributed by atoms with van der Waals surface area (Å²) in [5.74, 6) is 0.727. The Morgan fingerprint density at radius 1 is 1.43 bits per heavy atom. The van der Waals surface area contributed by atoms with Crippen LogP contribution in [0.3, 0.4) is 0 Å². The molecule has 0 saturated carbocycles. The number of amides is 1. The van der Waals surface area contributed by atoms with E-state index in [1.165, 1.54) is 0 Å². The van der Waals surface area contributed by atoms with Crippen LogP contribution in [0.1, 0.15) is 45.7 Å². The maximum atomic E-state index is 12.1. The third-order valence-corrected chi connectivity index (χ3v) is 4.05. The molecule has 128 valence electrons. The number of phenolic OH excluding ortho intramolecular Hbond substituents is 1. The van der Waals surface area contributed by atoms with Crippen molar-refractivity contribution in [1.29, 1.82) is 0 Å². The van der Waals surface area contributed by atoms with Crippen molar-refractivity contribution in [1.82, 2.24) is 10.2 Å². The van der Waals surface area contributed by atoms with Gasteiger partial charge in [0.2, 0.25) is 0 Å². The molecule has 5 heteroatoms. The summed E-state index contributed by atoms with van der Waals surface area (Å²) in [4.78, 5) is 13.8. The number of phenols is 1. The maximum absolute atomic E-state index is 12.1. The topological polar surface area (TPSA) is 61.8 Å². The molecule has 1 aromatic rings. The number of hydrogen-bond donors (Lipinski definition) is 2. The number of aromatic hydroxyl groups is 1. The number of hydrogen-bond acceptors (Lipinski definition) is 4. The molecule has 5 nitrogen and oxygen atoms in total. The van der Waals surface area contributed by atoms with Gasteiger partial charge in [-0.3, -0.25) is 0 Å². The highest BCUT2D eigenvalue weighted by molar-refractivity contribution is 5.68. The first kappa shape index (κ1) is 17.6. The molecule has 2 unspecified atom stereocenters. The van der Waals surface area contributed by atoms with Crippen LogP contribution in [0.25, 0.3) is 0 Å². The van der Waals surface area contributed by atoms with Crippen LogP contribution in [-0.2, 0) is 4.74 Å². The molecule has 0 radical (unpaired) electrons. The summed E-state index contributed by atoms with van der Waals surface area (Å²) in [5, 5.41) is 13.3. The van der Waals surface area contributed by atoms with Crippen LogP contribution in [0.4, 0.5) is 4.79 Å². The summed E-state index contributed by atoms with van der Waals surface area (Å²) in [6, 6.07) is 7.45. The molecule has 1 fully saturated rings. The summed E-state index contributed by atoms with van der Waals surface area (Å²) >= 11 is 0. The van der Waals surface area contributed by atoms with Gasteiger partial charge in [0.1, 0.15) is 11.4 Å². The number of rotatable bonds is 4. The van der Waals surface area contributed by atoms with Gasteiger partial charge in [0.25, 0.3) is 0 Å². The van der Waals surface area contributed by atoms with E-state index in [4.69, 9.17) is 4.74 Å². The van der Waals surface area contributed by atoms with Gasteiger partial charge in [-0.1, -0.05) is 18.2 Å². The van der Waals surface area contributed by atoms with Crippen molar-refractivity contribution in [2.75, 3.05) is 19.6 Å². The van der Waals surface area contributed by atoms with E-state index in [-0.39, 0.29) is 12.1 Å². The Hall–Kier alpha value is -1.75. The van der Waals surface area contributed by atoms with Gasteiger partial charge in [0.15, 0.2) is 0 Å². The highest BCUT2D eigenvalue weighted by Gasteiger charge is 2.29. The monoisotopic (exact) mass is 320 g/mol. The molecule has 0 aliphatic carbocycles. The van der Waals surface area contributed by atoms with Crippen molar-refractivity contribution in [3.05, 3.63) is 29.8 Å². The van der Waals surface area contributed by atoms with Crippen molar-refractivity contribution in [3.63, 3.8) is 0 Å². The second-order valence-electron chi connectivity index (χ2n) is 7.27. The van der Waals surface area contributed by atoms with E-state index in [2.05, 4.69) is 5.32 Å². The Kier molecular flexibility index (Phi) is 5.52. The van der Waals surface area contributed by atoms with Crippen molar-refractivity contribution in [2.24, 2.45) is 5.92 Å². The Morgan fingerprint density at radius 3 is 2.78 bits per heavy atom. The number of ether oxygens (including phenoxy) is 1. The van der Waals surface area contributed by atoms with E-state index in [9.17, 15) is 9.90 Å². The average Bonchev–Trinajstić information content (AvgIpc) is 2.92. The zero-order valence-corrected chi connectivity index (χ0v) is 14.5. The number of carbonyl (C=O) groups excluding carboxylic acids is 1. The van der Waals surface area contributed by atoms with Gasteiger partial charge >= 0.3 is 6.09 Å². The number of para-hydroxylation sites is 1. The van der Waals surface area contributed by atoms with Gasteiger partial charge in [-0.05, 0) is 46.1 Å². The summed E-state index contributed by atoms with van der Waals surface area (Å²) in [5.41, 5.74) is 0.446. The van der Waals surface area contributed by atoms with E-state index in [1.54, 1.807) is 11.0 Å². The largest absolute Gasteiger partial charge is 0.508 e. The Bertz CT molecular complexity index is 539. The fourth-order valence-corrected chi connectivity index (χ4v) is 2.80. The van der Waals surface area contributed by atoms with Crippen molar-refractivity contribution in [3.8, 4) is 5.75 Å². The lowest BCUT2D eigenvalue weighted by molar-refractivity contribution is 0.0288. The van der Waals surface area contributed by atoms with Gasteiger partial charge in [-0.2, -0.15) is 0 Å². The molecule has 2 rings (SSSR count). The van der Waals surface area contributed by atoms with Crippen molar-refractivity contribution >= 4 is 6.09 Å². The van der Waals surface area contributed by atoms with Crippen LogP contribution < -0.4 is 5.32 Å². The first-order valence-electron chi connectivity index (χ1n) is 8.25. The molecule has 23 heavy (non-hydrogen) atoms. The number of benzene rings is 1. The zero-order chi connectivity index (χ0) is 17.0. The molecule has 1 aromatic carbocycles. The molecule has 1 aliphatic rings. The SMILES string of the molecule is CC(NCC1CCN(C(=O)OC(C)(C)C)C1)c1ccccc1O. The molecule has 1 amide bonds. The first-order chi connectivity index (χ1) is 10.8. The lowest BCUT2D eigenvalue weighted by atomic mass is 10.1. The second kappa shape index (κ2) is 7.21. The highest BCUT2D eigenvalue weighted by atomic mass is 16.6. The van der Waals surface area contributed by atoms with Crippen LogP contribution in [0.2, 0.25) is 0 Å². The van der Waals surface area contributed by atoms with Crippen LogP contribution >= 0.6 is 0 Å². The third-order valence-electron chi connectivity index (χ3n) is 4.05. The molecule has 0 spiro atoms. The lowest BCUT2D eigenvalue weighted by Crippen LogP contribution is -2.36. The number of nitrogens with zero attached hydrogens (tertiary/aromatic N) is 1. The second-order valence-corrected chi connectivity index (χ2v) is 7.27. The van der Waals surface area contributed by atoms with E-state index < -0.39 is 5.60 Å². The van der Waals surface area contributed by atoms with Crippen molar-refractivity contribution < 1.29 is 14.6 Å². The standard InChI is InChI=1S/C18H28N2O3/c1-13(15-7-5-6-8-16(15)21)19-11-14-9-10-20(12-14)17(22)23-18(2,3)4/h5-8,13-14,19,21H,9-12H2,1-4H3. The van der Waals surface area contributed by atoms with E-state index in [1.807, 2.05) is 45.9 Å². The lowest BCUT2D eigenvalue weighted by Gasteiger charge is -2.24. The van der Waals surface area contributed by atoms with Crippen molar-refractivity contribution in [2.45, 2.75) is 45.8 Å². The Labute approximate surface area is 138 Å². The van der Waals surface area contributed by atoms with Crippen LogP contribution in [0.5, 0.6) is 5.75 Å². The van der Waals surface area contributed by atoms with Gasteiger partial charge in [0, 0.05) is 31.2 Å². The molecule has 2 N–H and O–H groups in total. The van der Waals surface area contributed by atoms with Gasteiger partial charge in [-0.25, -0.2) is 4.79 Å². The van der Waals surface area contributed by atoms with Crippen LogP contribution in [0, 0.1) is 5.92 Å². The smallest absolute Gasteiger partial charge is 0.410 e. The first-order valence-corrected chi connectivity index (χ1v) is 8.25. The van der Waals surface area contributed by atoms with E-state index in [0.29, 0.717) is 11.7 Å². The van der Waals surface area contributed by atoms with Crippen LogP contribution in [0.15, 0.2) is 24.3 Å². The van der Waals surface area contributed by atoms with Crippen LogP contribution in [-0.4, -0.2) is 41.3 Å². The zero-order valence-electron chi connectivity index (χ0n) is 14.5. The molecule has 1 aliphatic heterocycles. The fraction of sp³-hybridized carbons (Fsp3) is 0.611. The van der Waals surface area contributed by atoms with Gasteiger partial charge in [-0.15, -0.1) is 0 Å². The molecule has 2 atom stereocenters. The Balaban J connectivity index is 1.80. The third kappa shape index (κ3) is 5.13. The number of carbonyl (C=O) groups is 1. The maximum Gasteiger partial charge on any atom is 0.410 e. The molecule has 1 heterocycles. The molecule has 1 saturated heterocycles. The molecule has 0 aromatic heterocycles.